The van der Waals surface area contributed by atoms with Gasteiger partial charge in [0.25, 0.3) is 0 Å². The minimum atomic E-state index is 0.363. The Morgan fingerprint density at radius 1 is 1.62 bits per heavy atom. The number of piperidine rings is 1. The van der Waals surface area contributed by atoms with Crippen LogP contribution in [0.25, 0.3) is 0 Å². The van der Waals surface area contributed by atoms with Crippen LogP contribution in [-0.4, -0.2) is 40.1 Å². The van der Waals surface area contributed by atoms with Gasteiger partial charge in [0, 0.05) is 41.7 Å². The molecule has 0 aromatic rings. The lowest BCUT2D eigenvalue weighted by atomic mass is 10.0. The van der Waals surface area contributed by atoms with Crippen LogP contribution in [0.2, 0.25) is 0 Å². The first-order chi connectivity index (χ1) is 6.16. The van der Waals surface area contributed by atoms with Crippen molar-refractivity contribution in [2.75, 3.05) is 13.1 Å². The lowest BCUT2D eigenvalue weighted by Crippen LogP contribution is -2.47. The molecule has 0 aromatic heterocycles. The molecule has 0 spiro atoms. The van der Waals surface area contributed by atoms with Crippen LogP contribution in [0.5, 0.6) is 0 Å². The van der Waals surface area contributed by atoms with Crippen molar-refractivity contribution in [1.29, 1.82) is 0 Å². The first-order valence-corrected chi connectivity index (χ1v) is 5.88. The molecule has 1 fully saturated rings. The molecule has 4 heteroatoms. The van der Waals surface area contributed by atoms with Crippen molar-refractivity contribution in [3.05, 3.63) is 0 Å². The summed E-state index contributed by atoms with van der Waals surface area (Å²) in [5.41, 5.74) is 0. The van der Waals surface area contributed by atoms with Crippen molar-refractivity contribution in [2.24, 2.45) is 4.99 Å². The summed E-state index contributed by atoms with van der Waals surface area (Å²) in [5, 5.41) is 0. The molecule has 0 amide bonds. The van der Waals surface area contributed by atoms with Crippen LogP contribution in [0.4, 0.5) is 0 Å². The Balaban J connectivity index is 1.99. The number of nitrogens with zero attached hydrogens (tertiary/aromatic N) is 2. The van der Waals surface area contributed by atoms with E-state index >= 15 is 0 Å². The molecule has 0 bridgehead atoms. The molecule has 0 aliphatic carbocycles. The Labute approximate surface area is 92.7 Å². The number of hydrogen-bond donors (Lipinski definition) is 0. The number of fused-ring (bicyclic) bond motifs is 1. The Morgan fingerprint density at radius 2 is 2.38 bits per heavy atom. The number of ether oxygens (including phenoxy) is 1. The normalized spacial score (nSPS) is 34.3. The predicted molar refractivity (Wildman–Crippen MR) is 61.4 cm³/mol. The molecule has 0 radical (unpaired) electrons. The fourth-order valence-electron chi connectivity index (χ4n) is 1.95. The molecule has 2 heterocycles. The molecule has 3 nitrogen and oxygen atoms in total. The zero-order valence-corrected chi connectivity index (χ0v) is 10.2. The van der Waals surface area contributed by atoms with Gasteiger partial charge < -0.3 is 4.74 Å². The minimum absolute atomic E-state index is 0.363. The standard InChI is InChI=1S/C9H15IN2O/c1-6(2)12-4-3-8-7(5-12)11-9(10)13-8/h6-8H,3-5H2,1-2H3. The van der Waals surface area contributed by atoms with Gasteiger partial charge in [0.2, 0.25) is 3.90 Å². The van der Waals surface area contributed by atoms with Gasteiger partial charge in [0.15, 0.2) is 0 Å². The van der Waals surface area contributed by atoms with Crippen molar-refractivity contribution in [3.63, 3.8) is 0 Å². The fraction of sp³-hybridized carbons (Fsp3) is 0.889. The summed E-state index contributed by atoms with van der Waals surface area (Å²) in [5.74, 6) is 0. The topological polar surface area (TPSA) is 24.8 Å². The van der Waals surface area contributed by atoms with E-state index in [1.165, 1.54) is 0 Å². The lowest BCUT2D eigenvalue weighted by Gasteiger charge is -2.35. The molecule has 2 aliphatic rings. The number of halogens is 1. The van der Waals surface area contributed by atoms with E-state index in [-0.39, 0.29) is 0 Å². The largest absolute Gasteiger partial charge is 0.468 e. The van der Waals surface area contributed by atoms with E-state index in [0.717, 1.165) is 23.4 Å². The maximum absolute atomic E-state index is 5.60. The van der Waals surface area contributed by atoms with Crippen molar-refractivity contribution in [1.82, 2.24) is 4.90 Å². The van der Waals surface area contributed by atoms with Gasteiger partial charge in [-0.25, -0.2) is 4.99 Å². The molecule has 2 atom stereocenters. The Morgan fingerprint density at radius 3 is 3.08 bits per heavy atom. The van der Waals surface area contributed by atoms with Crippen molar-refractivity contribution in [3.8, 4) is 0 Å². The van der Waals surface area contributed by atoms with E-state index in [9.17, 15) is 0 Å². The third kappa shape index (κ3) is 1.98. The smallest absolute Gasteiger partial charge is 0.248 e. The van der Waals surface area contributed by atoms with Crippen LogP contribution in [0, 0.1) is 0 Å². The monoisotopic (exact) mass is 294 g/mol. The van der Waals surface area contributed by atoms with E-state index in [1.54, 1.807) is 0 Å². The SMILES string of the molecule is CC(C)N1CCC2OC(I)=NC2C1. The third-order valence-corrected chi connectivity index (χ3v) is 3.33. The number of likely N-dealkylation sites (tertiary alicyclic amines) is 1. The zero-order chi connectivity index (χ0) is 9.42. The van der Waals surface area contributed by atoms with E-state index in [0.29, 0.717) is 18.2 Å². The van der Waals surface area contributed by atoms with Gasteiger partial charge in [-0.2, -0.15) is 0 Å². The first kappa shape index (κ1) is 9.71. The Hall–Kier alpha value is 0.160. The van der Waals surface area contributed by atoms with Crippen molar-refractivity contribution in [2.45, 2.75) is 38.5 Å². The van der Waals surface area contributed by atoms with E-state index in [2.05, 4.69) is 46.3 Å². The maximum Gasteiger partial charge on any atom is 0.248 e. The second-order valence-electron chi connectivity index (χ2n) is 3.98. The van der Waals surface area contributed by atoms with E-state index in [1.807, 2.05) is 0 Å². The van der Waals surface area contributed by atoms with Crippen LogP contribution in [0.1, 0.15) is 20.3 Å². The Kier molecular flexibility index (Phi) is 2.78. The summed E-state index contributed by atoms with van der Waals surface area (Å²) in [6.45, 7) is 6.70. The van der Waals surface area contributed by atoms with E-state index < -0.39 is 0 Å². The van der Waals surface area contributed by atoms with Gasteiger partial charge >= 0.3 is 0 Å². The maximum atomic E-state index is 5.60. The highest BCUT2D eigenvalue weighted by molar-refractivity contribution is 14.1. The predicted octanol–water partition coefficient (Wildman–Crippen LogP) is 1.66. The second kappa shape index (κ2) is 3.73. The highest BCUT2D eigenvalue weighted by Crippen LogP contribution is 2.25. The highest BCUT2D eigenvalue weighted by atomic mass is 127. The molecule has 0 N–H and O–H groups in total. The number of aliphatic imine (C=N–C) groups is 1. The summed E-state index contributed by atoms with van der Waals surface area (Å²) in [7, 11) is 0. The van der Waals surface area contributed by atoms with Gasteiger partial charge in [0.05, 0.1) is 0 Å². The minimum Gasteiger partial charge on any atom is -0.468 e. The first-order valence-electron chi connectivity index (χ1n) is 4.81. The molecule has 0 aromatic carbocycles. The molecule has 1 saturated heterocycles. The molecular weight excluding hydrogens is 279 g/mol. The van der Waals surface area contributed by atoms with Crippen LogP contribution < -0.4 is 0 Å². The second-order valence-corrected chi connectivity index (χ2v) is 4.91. The van der Waals surface area contributed by atoms with Crippen LogP contribution in [0.3, 0.4) is 0 Å². The summed E-state index contributed by atoms with van der Waals surface area (Å²) < 4.78 is 6.45. The van der Waals surface area contributed by atoms with E-state index in [4.69, 9.17) is 4.74 Å². The quantitative estimate of drug-likeness (QED) is 0.687. The Bertz CT molecular complexity index is 230. The van der Waals surface area contributed by atoms with Gasteiger partial charge in [-0.3, -0.25) is 4.90 Å². The van der Waals surface area contributed by atoms with Gasteiger partial charge in [0.1, 0.15) is 12.1 Å². The summed E-state index contributed by atoms with van der Waals surface area (Å²) in [6.07, 6.45) is 1.49. The molecule has 2 rings (SSSR count). The van der Waals surface area contributed by atoms with Crippen molar-refractivity contribution >= 4 is 26.5 Å². The summed E-state index contributed by atoms with van der Waals surface area (Å²) >= 11 is 2.17. The number of rotatable bonds is 1. The number of hydrogen-bond acceptors (Lipinski definition) is 3. The zero-order valence-electron chi connectivity index (χ0n) is 8.03. The molecule has 2 unspecified atom stereocenters. The van der Waals surface area contributed by atoms with Gasteiger partial charge in [-0.1, -0.05) is 0 Å². The molecule has 13 heavy (non-hydrogen) atoms. The lowest BCUT2D eigenvalue weighted by molar-refractivity contribution is 0.0817. The average molecular weight is 294 g/mol. The third-order valence-electron chi connectivity index (χ3n) is 2.80. The van der Waals surface area contributed by atoms with Gasteiger partial charge in [-0.05, 0) is 20.3 Å². The summed E-state index contributed by atoms with van der Waals surface area (Å²) in [4.78, 5) is 6.96. The van der Waals surface area contributed by atoms with Crippen molar-refractivity contribution < 1.29 is 4.74 Å². The highest BCUT2D eigenvalue weighted by Gasteiger charge is 2.35. The van der Waals surface area contributed by atoms with Crippen LogP contribution >= 0.6 is 22.6 Å². The molecule has 74 valence electrons. The molecule has 2 aliphatic heterocycles. The van der Waals surface area contributed by atoms with Crippen LogP contribution in [-0.2, 0) is 4.74 Å². The molecule has 0 saturated carbocycles. The molecular formula is C9H15IN2O. The van der Waals surface area contributed by atoms with Crippen LogP contribution in [0.15, 0.2) is 4.99 Å². The van der Waals surface area contributed by atoms with Gasteiger partial charge in [-0.15, -0.1) is 0 Å². The fourth-order valence-corrected chi connectivity index (χ4v) is 2.64. The average Bonchev–Trinajstić information content (AvgIpc) is 2.42. The summed E-state index contributed by atoms with van der Waals surface area (Å²) in [6, 6.07) is 1.03.